The number of carboxylic acids is 1. The molecule has 2 N–H and O–H groups in total. The lowest BCUT2D eigenvalue weighted by molar-refractivity contribution is 0.0697. The third kappa shape index (κ3) is 3.58. The zero-order valence-electron chi connectivity index (χ0n) is 18.3. The average molecular weight is 418 g/mol. The molecule has 0 fully saturated rings. The normalized spacial score (nSPS) is 18.1. The molecule has 2 heterocycles. The summed E-state index contributed by atoms with van der Waals surface area (Å²) in [5.74, 6) is -1.01. The number of hydrogen-bond acceptors (Lipinski definition) is 3. The lowest BCUT2D eigenvalue weighted by atomic mass is 9.74. The molecule has 1 unspecified atom stereocenters. The molecular weight excluding hydrogens is 390 g/mol. The molecule has 1 atom stereocenters. The van der Waals surface area contributed by atoms with Gasteiger partial charge in [0.25, 0.3) is 5.56 Å². The van der Waals surface area contributed by atoms with Gasteiger partial charge in [0.1, 0.15) is 0 Å². The number of nitrogens with one attached hydrogen (secondary N) is 1. The van der Waals surface area contributed by atoms with Crippen LogP contribution in [0.2, 0.25) is 0 Å². The van der Waals surface area contributed by atoms with Crippen LogP contribution in [0.1, 0.15) is 48.7 Å². The predicted octanol–water partition coefficient (Wildman–Crippen LogP) is 2.61. The molecule has 31 heavy (non-hydrogen) atoms. The number of carboxylic acid groups (broad SMARTS) is 1. The number of H-pyrrole nitrogens is 1. The third-order valence-electron chi connectivity index (χ3n) is 6.29. The van der Waals surface area contributed by atoms with Gasteiger partial charge in [-0.3, -0.25) is 9.89 Å². The van der Waals surface area contributed by atoms with Gasteiger partial charge in [-0.2, -0.15) is 0 Å². The Morgan fingerprint density at radius 2 is 1.90 bits per heavy atom. The van der Waals surface area contributed by atoms with E-state index in [0.717, 1.165) is 12.0 Å². The molecule has 0 saturated heterocycles. The van der Waals surface area contributed by atoms with Crippen LogP contribution in [0.3, 0.4) is 0 Å². The number of aromatic carboxylic acids is 1. The average Bonchev–Trinajstić information content (AvgIpc) is 3.00. The number of rotatable bonds is 3. The second-order valence-corrected chi connectivity index (χ2v) is 8.97. The van der Waals surface area contributed by atoms with Crippen molar-refractivity contribution in [2.75, 3.05) is 11.9 Å². The highest BCUT2D eigenvalue weighted by Crippen LogP contribution is 2.42. The van der Waals surface area contributed by atoms with Crippen molar-refractivity contribution in [1.29, 1.82) is 0 Å². The van der Waals surface area contributed by atoms with Crippen molar-refractivity contribution in [2.24, 2.45) is 0 Å². The summed E-state index contributed by atoms with van der Waals surface area (Å²) in [4.78, 5) is 26.4. The summed E-state index contributed by atoms with van der Waals surface area (Å²) in [6.07, 6.45) is 2.92. The molecule has 0 radical (unpaired) electrons. The fourth-order valence-electron chi connectivity index (χ4n) is 4.46. The maximum absolute atomic E-state index is 13.1. The second-order valence-electron chi connectivity index (χ2n) is 8.97. The van der Waals surface area contributed by atoms with Gasteiger partial charge in [0.05, 0.1) is 21.8 Å². The summed E-state index contributed by atoms with van der Waals surface area (Å²) in [7, 11) is 2.12. The lowest BCUT2D eigenvalue weighted by Crippen LogP contribution is -2.41. The molecule has 3 aromatic rings. The zero-order valence-corrected chi connectivity index (χ0v) is 18.3. The number of aromatic nitrogens is 2. The highest BCUT2D eigenvalue weighted by molar-refractivity contribution is 5.87. The maximum atomic E-state index is 13.1. The predicted molar refractivity (Wildman–Crippen MR) is 124 cm³/mol. The number of benzene rings is 2. The van der Waals surface area contributed by atoms with Crippen LogP contribution >= 0.6 is 0 Å². The molecule has 0 spiro atoms. The summed E-state index contributed by atoms with van der Waals surface area (Å²) in [5.41, 5.74) is 3.98. The molecule has 2 aromatic carbocycles. The van der Waals surface area contributed by atoms with Crippen molar-refractivity contribution in [3.8, 4) is 5.69 Å². The Balaban J connectivity index is 1.80. The van der Waals surface area contributed by atoms with Gasteiger partial charge in [0, 0.05) is 18.8 Å². The molecule has 0 saturated carbocycles. The number of anilines is 1. The van der Waals surface area contributed by atoms with E-state index in [1.807, 2.05) is 12.1 Å². The smallest absolute Gasteiger partial charge is 0.335 e. The highest BCUT2D eigenvalue weighted by Gasteiger charge is 2.33. The molecule has 0 amide bonds. The van der Waals surface area contributed by atoms with Crippen molar-refractivity contribution in [3.63, 3.8) is 0 Å². The standard InChI is InChI=1S/C25H27N3O3/c1-15-14-25(3,4)21-13-17(6-11-22(21)27(15)5)12-20-16(2)26-28(23(20)29)19-9-7-18(8-10-19)24(30)31/h6-13,15,26H,2,14H2,1,3-5H3,(H,30,31). The van der Waals surface area contributed by atoms with E-state index in [-0.39, 0.29) is 16.5 Å². The van der Waals surface area contributed by atoms with Crippen LogP contribution in [-0.4, -0.2) is 33.9 Å². The van der Waals surface area contributed by atoms with E-state index in [0.29, 0.717) is 22.3 Å². The van der Waals surface area contributed by atoms with Gasteiger partial charge >= 0.3 is 5.97 Å². The fourth-order valence-corrected chi connectivity index (χ4v) is 4.46. The summed E-state index contributed by atoms with van der Waals surface area (Å²) in [5, 5.41) is 13.1. The van der Waals surface area contributed by atoms with Crippen molar-refractivity contribution in [1.82, 2.24) is 9.78 Å². The van der Waals surface area contributed by atoms with Crippen LogP contribution in [0.25, 0.3) is 18.3 Å². The lowest BCUT2D eigenvalue weighted by Gasteiger charge is -2.43. The Morgan fingerprint density at radius 1 is 1.23 bits per heavy atom. The van der Waals surface area contributed by atoms with Crippen LogP contribution in [0.5, 0.6) is 0 Å². The molecule has 1 aromatic heterocycles. The zero-order chi connectivity index (χ0) is 22.5. The first-order chi connectivity index (χ1) is 14.6. The van der Waals surface area contributed by atoms with Gasteiger partial charge in [0.15, 0.2) is 0 Å². The van der Waals surface area contributed by atoms with E-state index in [2.05, 4.69) is 56.5 Å². The first-order valence-corrected chi connectivity index (χ1v) is 10.3. The molecular formula is C25H27N3O3. The number of aromatic amines is 1. The van der Waals surface area contributed by atoms with Crippen molar-refractivity contribution < 1.29 is 9.90 Å². The third-order valence-corrected chi connectivity index (χ3v) is 6.29. The van der Waals surface area contributed by atoms with Crippen LogP contribution in [0.15, 0.2) is 47.3 Å². The molecule has 4 rings (SSSR count). The van der Waals surface area contributed by atoms with Gasteiger partial charge < -0.3 is 10.0 Å². The first-order valence-electron chi connectivity index (χ1n) is 10.3. The van der Waals surface area contributed by atoms with E-state index >= 15 is 0 Å². The van der Waals surface area contributed by atoms with Gasteiger partial charge in [-0.25, -0.2) is 9.48 Å². The number of nitrogens with zero attached hydrogens (tertiary/aromatic N) is 2. The second kappa shape index (κ2) is 7.30. The molecule has 1 aliphatic heterocycles. The van der Waals surface area contributed by atoms with E-state index in [4.69, 9.17) is 5.11 Å². The Morgan fingerprint density at radius 3 is 2.55 bits per heavy atom. The Hall–Kier alpha value is -3.54. The number of hydrogen-bond donors (Lipinski definition) is 2. The Kier molecular flexibility index (Phi) is 4.88. The SMILES string of the molecule is C=c1[nH]n(-c2ccc(C(=O)O)cc2)c(=O)c1=Cc1ccc2c(c1)C(C)(C)CC(C)N2C. The van der Waals surface area contributed by atoms with Gasteiger partial charge in [-0.1, -0.05) is 26.5 Å². The Labute approximate surface area is 180 Å². The molecule has 0 aliphatic carbocycles. The minimum Gasteiger partial charge on any atom is -0.478 e. The first kappa shape index (κ1) is 20.7. The molecule has 160 valence electrons. The van der Waals surface area contributed by atoms with Crippen LogP contribution in [-0.2, 0) is 5.41 Å². The quantitative estimate of drug-likeness (QED) is 0.687. The highest BCUT2D eigenvalue weighted by atomic mass is 16.4. The van der Waals surface area contributed by atoms with Crippen LogP contribution in [0, 0.1) is 0 Å². The van der Waals surface area contributed by atoms with Crippen molar-refractivity contribution >= 4 is 24.3 Å². The molecule has 1 aliphatic rings. The molecule has 0 bridgehead atoms. The summed E-state index contributed by atoms with van der Waals surface area (Å²) >= 11 is 0. The number of fused-ring (bicyclic) bond motifs is 1. The largest absolute Gasteiger partial charge is 0.478 e. The van der Waals surface area contributed by atoms with Crippen molar-refractivity contribution in [2.45, 2.75) is 38.6 Å². The number of carbonyl (C=O) groups is 1. The van der Waals surface area contributed by atoms with Crippen LogP contribution in [0.4, 0.5) is 5.69 Å². The van der Waals surface area contributed by atoms with Gasteiger partial charge in [0.2, 0.25) is 0 Å². The topological polar surface area (TPSA) is 78.3 Å². The minimum absolute atomic E-state index is 0.0443. The molecule has 6 nitrogen and oxygen atoms in total. The van der Waals surface area contributed by atoms with E-state index in [1.165, 1.54) is 28.1 Å². The molecule has 6 heteroatoms. The maximum Gasteiger partial charge on any atom is 0.335 e. The summed E-state index contributed by atoms with van der Waals surface area (Å²) in [6, 6.07) is 12.9. The monoisotopic (exact) mass is 417 g/mol. The van der Waals surface area contributed by atoms with Gasteiger partial charge in [-0.05, 0) is 72.4 Å². The summed E-state index contributed by atoms with van der Waals surface area (Å²) < 4.78 is 1.39. The summed E-state index contributed by atoms with van der Waals surface area (Å²) in [6.45, 7) is 10.8. The van der Waals surface area contributed by atoms with Crippen molar-refractivity contribution in [3.05, 3.63) is 80.1 Å². The minimum atomic E-state index is -1.01. The van der Waals surface area contributed by atoms with Crippen LogP contribution < -0.4 is 21.0 Å². The fraction of sp³-hybridized carbons (Fsp3) is 0.280. The van der Waals surface area contributed by atoms with E-state index in [9.17, 15) is 9.59 Å². The van der Waals surface area contributed by atoms with E-state index in [1.54, 1.807) is 12.1 Å². The Bertz CT molecular complexity index is 1330. The van der Waals surface area contributed by atoms with Gasteiger partial charge in [-0.15, -0.1) is 0 Å². The van der Waals surface area contributed by atoms with E-state index < -0.39 is 5.97 Å².